The number of rotatable bonds is 9. The molecule has 1 heterocycles. The minimum atomic E-state index is -0.334. The average molecular weight is 482 g/mol. The van der Waals surface area contributed by atoms with Crippen molar-refractivity contribution in [3.05, 3.63) is 65.5 Å². The van der Waals surface area contributed by atoms with Crippen molar-refractivity contribution < 1.29 is 23.5 Å². The predicted octanol–water partition coefficient (Wildman–Crippen LogP) is 4.18. The Bertz CT molecular complexity index is 1050. The van der Waals surface area contributed by atoms with Crippen molar-refractivity contribution in [2.75, 3.05) is 33.9 Å². The molecule has 0 saturated heterocycles. The van der Waals surface area contributed by atoms with E-state index in [1.54, 1.807) is 31.3 Å². The first-order chi connectivity index (χ1) is 17.0. The van der Waals surface area contributed by atoms with Gasteiger partial charge < -0.3 is 14.4 Å². The molecule has 0 aromatic heterocycles. The first-order valence-corrected chi connectivity index (χ1v) is 12.1. The fourth-order valence-electron chi connectivity index (χ4n) is 4.78. The molecule has 4 rings (SSSR count). The lowest BCUT2D eigenvalue weighted by Crippen LogP contribution is -2.44. The quantitative estimate of drug-likeness (QED) is 0.539. The van der Waals surface area contributed by atoms with Crippen LogP contribution in [0.15, 0.2) is 53.6 Å². The van der Waals surface area contributed by atoms with Crippen LogP contribution in [0.3, 0.4) is 0 Å². The van der Waals surface area contributed by atoms with Gasteiger partial charge in [0.1, 0.15) is 18.1 Å². The van der Waals surface area contributed by atoms with Gasteiger partial charge in [0.25, 0.3) is 5.91 Å². The Morgan fingerprint density at radius 3 is 2.37 bits per heavy atom. The second-order valence-electron chi connectivity index (χ2n) is 9.02. The topological polar surface area (TPSA) is 71.4 Å². The Balaban J connectivity index is 1.59. The normalized spacial score (nSPS) is 18.0. The third kappa shape index (κ3) is 5.88. The van der Waals surface area contributed by atoms with Gasteiger partial charge in [-0.05, 0) is 48.2 Å². The van der Waals surface area contributed by atoms with Gasteiger partial charge in [0.15, 0.2) is 0 Å². The van der Waals surface area contributed by atoms with E-state index in [1.807, 2.05) is 24.3 Å². The summed E-state index contributed by atoms with van der Waals surface area (Å²) in [6.07, 6.45) is 4.29. The summed E-state index contributed by atoms with van der Waals surface area (Å²) in [4.78, 5) is 28.3. The van der Waals surface area contributed by atoms with Crippen molar-refractivity contribution in [3.63, 3.8) is 0 Å². The highest BCUT2D eigenvalue weighted by Gasteiger charge is 2.35. The highest BCUT2D eigenvalue weighted by molar-refractivity contribution is 6.03. The summed E-state index contributed by atoms with van der Waals surface area (Å²) in [7, 11) is 3.19. The number of ether oxygens (including phenoxy) is 2. The van der Waals surface area contributed by atoms with E-state index >= 15 is 0 Å². The molecule has 0 bridgehead atoms. The lowest BCUT2D eigenvalue weighted by Gasteiger charge is -2.28. The number of halogens is 1. The first-order valence-electron chi connectivity index (χ1n) is 12.1. The van der Waals surface area contributed by atoms with Crippen molar-refractivity contribution in [1.82, 2.24) is 9.91 Å². The minimum Gasteiger partial charge on any atom is -0.497 e. The predicted molar refractivity (Wildman–Crippen MR) is 131 cm³/mol. The SMILES string of the molecule is COCCN(CC(=O)N1N=C(c2ccc(F)cc2)CC1c1ccc(OC)cc1)C(=O)C1CCCC1. The fourth-order valence-corrected chi connectivity index (χ4v) is 4.78. The maximum atomic E-state index is 13.6. The number of benzene rings is 2. The molecule has 1 atom stereocenters. The summed E-state index contributed by atoms with van der Waals surface area (Å²) < 4.78 is 23.9. The number of amides is 2. The number of methoxy groups -OCH3 is 2. The van der Waals surface area contributed by atoms with Gasteiger partial charge in [0.05, 0.1) is 25.5 Å². The molecule has 0 radical (unpaired) electrons. The standard InChI is InChI=1S/C27H32FN3O4/c1-34-16-15-30(27(33)21-5-3-4-6-21)18-26(32)31-25(20-9-13-23(35-2)14-10-20)17-24(29-31)19-7-11-22(28)12-8-19/h7-14,21,25H,3-6,15-18H2,1-2H3. The summed E-state index contributed by atoms with van der Waals surface area (Å²) in [6, 6.07) is 13.3. The van der Waals surface area contributed by atoms with Crippen LogP contribution in [0.5, 0.6) is 5.75 Å². The van der Waals surface area contributed by atoms with E-state index in [0.717, 1.165) is 42.6 Å². The smallest absolute Gasteiger partial charge is 0.262 e. The monoisotopic (exact) mass is 481 g/mol. The molecule has 1 aliphatic heterocycles. The summed E-state index contributed by atoms with van der Waals surface area (Å²) in [5, 5.41) is 6.13. The zero-order valence-corrected chi connectivity index (χ0v) is 20.3. The van der Waals surface area contributed by atoms with Crippen LogP contribution >= 0.6 is 0 Å². The van der Waals surface area contributed by atoms with Crippen LogP contribution in [-0.2, 0) is 14.3 Å². The van der Waals surface area contributed by atoms with E-state index in [-0.39, 0.29) is 36.1 Å². The molecule has 0 spiro atoms. The summed E-state index contributed by atoms with van der Waals surface area (Å²) in [5.41, 5.74) is 2.37. The van der Waals surface area contributed by atoms with E-state index in [2.05, 4.69) is 5.10 Å². The molecule has 2 aromatic carbocycles. The number of nitrogens with zero attached hydrogens (tertiary/aromatic N) is 3. The van der Waals surface area contributed by atoms with Gasteiger partial charge in [0, 0.05) is 26.0 Å². The van der Waals surface area contributed by atoms with Gasteiger partial charge >= 0.3 is 0 Å². The number of hydrazone groups is 1. The number of carbonyl (C=O) groups is 2. The fraction of sp³-hybridized carbons (Fsp3) is 0.444. The van der Waals surface area contributed by atoms with E-state index in [9.17, 15) is 14.0 Å². The molecule has 8 heteroatoms. The molecule has 1 saturated carbocycles. The number of carbonyl (C=O) groups excluding carboxylic acids is 2. The summed E-state index contributed by atoms with van der Waals surface area (Å²) >= 11 is 0. The van der Waals surface area contributed by atoms with Gasteiger partial charge in [-0.15, -0.1) is 0 Å². The molecule has 0 N–H and O–H groups in total. The number of hydrogen-bond donors (Lipinski definition) is 0. The molecular weight excluding hydrogens is 449 g/mol. The maximum absolute atomic E-state index is 13.6. The van der Waals surface area contributed by atoms with Crippen molar-refractivity contribution in [3.8, 4) is 5.75 Å². The Labute approximate surface area is 205 Å². The molecule has 1 unspecified atom stereocenters. The van der Waals surface area contributed by atoms with Crippen molar-refractivity contribution in [1.29, 1.82) is 0 Å². The van der Waals surface area contributed by atoms with E-state index in [0.29, 0.717) is 25.3 Å². The van der Waals surface area contributed by atoms with Crippen LogP contribution in [0, 0.1) is 11.7 Å². The molecule has 2 aromatic rings. The van der Waals surface area contributed by atoms with Crippen LogP contribution in [0.2, 0.25) is 0 Å². The molecule has 7 nitrogen and oxygen atoms in total. The van der Waals surface area contributed by atoms with Crippen molar-refractivity contribution in [2.45, 2.75) is 38.1 Å². The second kappa shape index (κ2) is 11.4. The Kier molecular flexibility index (Phi) is 8.13. The molecule has 2 amide bonds. The zero-order chi connectivity index (χ0) is 24.8. The van der Waals surface area contributed by atoms with Gasteiger partial charge in [-0.2, -0.15) is 5.10 Å². The Hall–Kier alpha value is -3.26. The highest BCUT2D eigenvalue weighted by Crippen LogP contribution is 2.34. The Morgan fingerprint density at radius 1 is 1.06 bits per heavy atom. The highest BCUT2D eigenvalue weighted by atomic mass is 19.1. The van der Waals surface area contributed by atoms with Crippen LogP contribution in [0.4, 0.5) is 4.39 Å². The maximum Gasteiger partial charge on any atom is 0.262 e. The molecule has 1 aliphatic carbocycles. The summed E-state index contributed by atoms with van der Waals surface area (Å²) in [6.45, 7) is 0.649. The van der Waals surface area contributed by atoms with Gasteiger partial charge in [0.2, 0.25) is 5.91 Å². The molecule has 1 fully saturated rings. The van der Waals surface area contributed by atoms with E-state index in [1.165, 1.54) is 17.1 Å². The first kappa shape index (κ1) is 24.9. The lowest BCUT2D eigenvalue weighted by atomic mass is 9.98. The largest absolute Gasteiger partial charge is 0.497 e. The average Bonchev–Trinajstić information content (AvgIpc) is 3.57. The lowest BCUT2D eigenvalue weighted by molar-refractivity contribution is -0.144. The van der Waals surface area contributed by atoms with Gasteiger partial charge in [-0.3, -0.25) is 9.59 Å². The van der Waals surface area contributed by atoms with Gasteiger partial charge in [-0.1, -0.05) is 37.1 Å². The molecule has 35 heavy (non-hydrogen) atoms. The summed E-state index contributed by atoms with van der Waals surface area (Å²) in [5.74, 6) is 0.110. The number of hydrogen-bond acceptors (Lipinski definition) is 5. The third-order valence-electron chi connectivity index (χ3n) is 6.75. The molecule has 186 valence electrons. The zero-order valence-electron chi connectivity index (χ0n) is 20.3. The third-order valence-corrected chi connectivity index (χ3v) is 6.75. The van der Waals surface area contributed by atoms with Gasteiger partial charge in [-0.25, -0.2) is 9.40 Å². The van der Waals surface area contributed by atoms with Crippen LogP contribution in [0.25, 0.3) is 0 Å². The van der Waals surface area contributed by atoms with Crippen molar-refractivity contribution >= 4 is 17.5 Å². The second-order valence-corrected chi connectivity index (χ2v) is 9.02. The van der Waals surface area contributed by atoms with Crippen LogP contribution in [0.1, 0.15) is 49.3 Å². The minimum absolute atomic E-state index is 0.0100. The van der Waals surface area contributed by atoms with Crippen LogP contribution in [-0.4, -0.2) is 61.4 Å². The molecular formula is C27H32FN3O4. The Morgan fingerprint density at radius 2 is 1.74 bits per heavy atom. The van der Waals surface area contributed by atoms with E-state index < -0.39 is 0 Å². The molecule has 2 aliphatic rings. The van der Waals surface area contributed by atoms with Crippen LogP contribution < -0.4 is 4.74 Å². The van der Waals surface area contributed by atoms with Crippen molar-refractivity contribution in [2.24, 2.45) is 11.0 Å². The van der Waals surface area contributed by atoms with E-state index in [4.69, 9.17) is 9.47 Å².